The minimum absolute atomic E-state index is 0.0415. The molecule has 0 aliphatic carbocycles. The third-order valence-corrected chi connectivity index (χ3v) is 9.70. The maximum Gasteiger partial charge on any atom is 0.143 e. The molecular weight excluding hydrogens is 617 g/mol. The van der Waals surface area contributed by atoms with Gasteiger partial charge in [0.1, 0.15) is 11.2 Å². The lowest BCUT2D eigenvalue weighted by Crippen LogP contribution is -1.91. The molecule has 1 heterocycles. The highest BCUT2D eigenvalue weighted by molar-refractivity contribution is 6.23. The lowest BCUT2D eigenvalue weighted by Gasteiger charge is -2.18. The maximum atomic E-state index is 9.46. The van der Waals surface area contributed by atoms with Gasteiger partial charge in [-0.05, 0) is 106 Å². The predicted molar refractivity (Wildman–Crippen MR) is 218 cm³/mol. The van der Waals surface area contributed by atoms with Crippen LogP contribution in [0.5, 0.6) is 0 Å². The molecule has 0 aliphatic heterocycles. The normalized spacial score (nSPS) is 16.0. The van der Waals surface area contributed by atoms with Crippen molar-refractivity contribution in [1.82, 2.24) is 0 Å². The van der Waals surface area contributed by atoms with Gasteiger partial charge in [0, 0.05) is 16.3 Å². The zero-order valence-corrected chi connectivity index (χ0v) is 26.6. The summed E-state index contributed by atoms with van der Waals surface area (Å²) in [6.07, 6.45) is 0. The molecule has 0 radical (unpaired) electrons. The molecular formula is C50H30O. The first-order valence-corrected chi connectivity index (χ1v) is 16.4. The van der Waals surface area contributed by atoms with Crippen molar-refractivity contribution in [2.24, 2.45) is 0 Å². The number of hydrogen-bond acceptors (Lipinski definition) is 1. The van der Waals surface area contributed by atoms with Crippen molar-refractivity contribution in [2.75, 3.05) is 0 Å². The topological polar surface area (TPSA) is 13.1 Å². The van der Waals surface area contributed by atoms with Crippen LogP contribution in [0.4, 0.5) is 0 Å². The number of hydrogen-bond donors (Lipinski definition) is 0. The van der Waals surface area contributed by atoms with E-state index >= 15 is 0 Å². The Bertz CT molecular complexity index is 3980. The van der Waals surface area contributed by atoms with Crippen LogP contribution in [-0.4, -0.2) is 0 Å². The van der Waals surface area contributed by atoms with Crippen LogP contribution in [0, 0.1) is 0 Å². The highest BCUT2D eigenvalue weighted by Crippen LogP contribution is 2.45. The molecule has 0 unspecified atom stereocenters. The Morgan fingerprint density at radius 1 is 0.392 bits per heavy atom. The van der Waals surface area contributed by atoms with E-state index in [1.54, 1.807) is 12.1 Å². The SMILES string of the molecule is [2H]c1c([2H])c([2H])c2c([2H])c(-c3c4c([2H])c([2H])c([2H])c([2H])c4c(-c4ccc5cc(-c6cccc7c6oc6ccc8ccccc8c67)ccc5c4)c4c([2H])c([2H])c([2H])c([2H])c34)c([2H])c([2H])c2c1[2H]. The average molecular weight is 662 g/mol. The van der Waals surface area contributed by atoms with E-state index in [4.69, 9.17) is 16.8 Å². The zero-order chi connectivity index (χ0) is 46.5. The number of fused-ring (bicyclic) bond motifs is 9. The van der Waals surface area contributed by atoms with Gasteiger partial charge in [0.05, 0.1) is 20.6 Å². The summed E-state index contributed by atoms with van der Waals surface area (Å²) in [5.41, 5.74) is 2.72. The fourth-order valence-electron chi connectivity index (χ4n) is 7.43. The number of rotatable bonds is 3. The molecule has 236 valence electrons. The second-order valence-electron chi connectivity index (χ2n) is 12.5. The minimum Gasteiger partial charge on any atom is -0.455 e. The van der Waals surface area contributed by atoms with Crippen molar-refractivity contribution < 1.29 is 25.0 Å². The standard InChI is InChI=1S/C50H30O/c1-2-12-33-29-37(24-20-31(33)10-1)47-41-14-5-7-16-43(41)48(44-17-8-6-15-42(44)47)38-25-22-34-28-36(23-21-35(34)30-38)40-18-9-19-45-49-39-13-4-3-11-32(39)26-27-46(49)51-50(40)45/h1-30H/i1D,2D,5D,6D,7D,8D,10D,12D,14D,15D,16D,17D,20D,24D,29D. The third kappa shape index (κ3) is 4.28. The van der Waals surface area contributed by atoms with Crippen LogP contribution in [0.3, 0.4) is 0 Å². The van der Waals surface area contributed by atoms with Crippen molar-refractivity contribution in [3.63, 3.8) is 0 Å². The predicted octanol–water partition coefficient (Wildman–Crippen LogP) is 14.4. The van der Waals surface area contributed by atoms with E-state index in [0.29, 0.717) is 10.9 Å². The van der Waals surface area contributed by atoms with Gasteiger partial charge in [-0.15, -0.1) is 0 Å². The van der Waals surface area contributed by atoms with E-state index in [9.17, 15) is 8.22 Å². The first-order valence-electron chi connectivity index (χ1n) is 23.9. The summed E-state index contributed by atoms with van der Waals surface area (Å²) in [7, 11) is 0. The van der Waals surface area contributed by atoms with Crippen LogP contribution < -0.4 is 0 Å². The Balaban J connectivity index is 1.22. The zero-order valence-electron chi connectivity index (χ0n) is 41.6. The highest BCUT2D eigenvalue weighted by Gasteiger charge is 2.18. The molecule has 0 spiro atoms. The second kappa shape index (κ2) is 10.9. The molecule has 0 saturated carbocycles. The van der Waals surface area contributed by atoms with Gasteiger partial charge in [-0.2, -0.15) is 0 Å². The number of furan rings is 1. The van der Waals surface area contributed by atoms with Crippen LogP contribution in [0.1, 0.15) is 20.6 Å². The number of benzene rings is 10. The average Bonchev–Trinajstić information content (AvgIpc) is 3.72. The second-order valence-corrected chi connectivity index (χ2v) is 12.5. The smallest absolute Gasteiger partial charge is 0.143 e. The van der Waals surface area contributed by atoms with Crippen molar-refractivity contribution in [3.8, 4) is 33.4 Å². The number of para-hydroxylation sites is 1. The first-order chi connectivity index (χ1) is 31.5. The Labute approximate surface area is 315 Å². The molecule has 11 rings (SSSR count). The molecule has 0 amide bonds. The van der Waals surface area contributed by atoms with Crippen LogP contribution in [-0.2, 0) is 0 Å². The van der Waals surface area contributed by atoms with Gasteiger partial charge in [-0.3, -0.25) is 0 Å². The third-order valence-electron chi connectivity index (χ3n) is 9.70. The van der Waals surface area contributed by atoms with Crippen LogP contribution >= 0.6 is 0 Å². The molecule has 0 aliphatic rings. The van der Waals surface area contributed by atoms with E-state index in [-0.39, 0.29) is 32.7 Å². The van der Waals surface area contributed by atoms with E-state index < -0.39 is 107 Å². The molecule has 0 bridgehead atoms. The lowest BCUT2D eigenvalue weighted by molar-refractivity contribution is 0.670. The van der Waals surface area contributed by atoms with E-state index in [1.807, 2.05) is 66.7 Å². The van der Waals surface area contributed by atoms with Crippen molar-refractivity contribution in [1.29, 1.82) is 0 Å². The molecule has 1 aromatic heterocycles. The fourth-order valence-corrected chi connectivity index (χ4v) is 7.43. The molecule has 0 atom stereocenters. The Morgan fingerprint density at radius 2 is 1.00 bits per heavy atom. The highest BCUT2D eigenvalue weighted by atomic mass is 16.3. The Kier molecular flexibility index (Phi) is 3.70. The molecule has 0 fully saturated rings. The molecule has 1 nitrogen and oxygen atoms in total. The largest absolute Gasteiger partial charge is 0.455 e. The Hall–Kier alpha value is -6.70. The fraction of sp³-hybridized carbons (Fsp3) is 0. The summed E-state index contributed by atoms with van der Waals surface area (Å²) >= 11 is 0. The van der Waals surface area contributed by atoms with E-state index in [1.165, 1.54) is 0 Å². The van der Waals surface area contributed by atoms with Gasteiger partial charge in [0.2, 0.25) is 0 Å². The van der Waals surface area contributed by atoms with Gasteiger partial charge in [0.25, 0.3) is 0 Å². The van der Waals surface area contributed by atoms with Crippen molar-refractivity contribution in [3.05, 3.63) is 182 Å². The summed E-state index contributed by atoms with van der Waals surface area (Å²) in [6.45, 7) is 0. The lowest BCUT2D eigenvalue weighted by atomic mass is 9.85. The van der Waals surface area contributed by atoms with E-state index in [0.717, 1.165) is 49.2 Å². The summed E-state index contributed by atoms with van der Waals surface area (Å²) in [5.74, 6) is 0. The van der Waals surface area contributed by atoms with Gasteiger partial charge in [-0.25, -0.2) is 0 Å². The maximum absolute atomic E-state index is 9.46. The van der Waals surface area contributed by atoms with Gasteiger partial charge >= 0.3 is 0 Å². The summed E-state index contributed by atoms with van der Waals surface area (Å²) < 4.78 is 141. The van der Waals surface area contributed by atoms with Gasteiger partial charge in [0.15, 0.2) is 0 Å². The summed E-state index contributed by atoms with van der Waals surface area (Å²) in [4.78, 5) is 0. The molecule has 0 saturated heterocycles. The van der Waals surface area contributed by atoms with Gasteiger partial charge < -0.3 is 4.42 Å². The molecule has 51 heavy (non-hydrogen) atoms. The van der Waals surface area contributed by atoms with Crippen molar-refractivity contribution in [2.45, 2.75) is 0 Å². The molecule has 10 aromatic carbocycles. The first kappa shape index (κ1) is 17.3. The summed E-state index contributed by atoms with van der Waals surface area (Å²) in [6, 6.07) is 19.3. The van der Waals surface area contributed by atoms with Crippen LogP contribution in [0.2, 0.25) is 0 Å². The molecule has 1 heteroatoms. The van der Waals surface area contributed by atoms with Gasteiger partial charge in [-0.1, -0.05) is 157 Å². The van der Waals surface area contributed by atoms with Crippen molar-refractivity contribution >= 4 is 75.8 Å². The minimum atomic E-state index is -0.735. The molecule has 11 aromatic rings. The summed E-state index contributed by atoms with van der Waals surface area (Å²) in [5, 5.41) is 3.86. The van der Waals surface area contributed by atoms with E-state index in [2.05, 4.69) is 12.1 Å². The molecule has 0 N–H and O–H groups in total. The van der Waals surface area contributed by atoms with Crippen LogP contribution in [0.25, 0.3) is 109 Å². The Morgan fingerprint density at radius 3 is 1.76 bits per heavy atom. The quantitative estimate of drug-likeness (QED) is 0.172. The monoisotopic (exact) mass is 661 g/mol. The van der Waals surface area contributed by atoms with Crippen LogP contribution in [0.15, 0.2) is 186 Å².